The molecule has 0 saturated carbocycles. The Morgan fingerprint density at radius 3 is 2.67 bits per heavy atom. The topological polar surface area (TPSA) is 66.4 Å². The first kappa shape index (κ1) is 14.7. The fourth-order valence-electron chi connectivity index (χ4n) is 3.44. The predicted molar refractivity (Wildman–Crippen MR) is 81.3 cm³/mol. The van der Waals surface area contributed by atoms with E-state index in [9.17, 15) is 8.42 Å². The Bertz CT molecular complexity index is 646. The Labute approximate surface area is 126 Å². The summed E-state index contributed by atoms with van der Waals surface area (Å²) < 4.78 is 24.0. The molecule has 116 valence electrons. The van der Waals surface area contributed by atoms with Gasteiger partial charge in [0.25, 0.3) is 0 Å². The second-order valence-electron chi connectivity index (χ2n) is 6.16. The van der Waals surface area contributed by atoms with Crippen LogP contribution < -0.4 is 4.90 Å². The number of nitrogens with zero attached hydrogens (tertiary/aromatic N) is 4. The van der Waals surface area contributed by atoms with Gasteiger partial charge in [0, 0.05) is 31.4 Å². The molecule has 0 radical (unpaired) electrons. The van der Waals surface area contributed by atoms with Gasteiger partial charge >= 0.3 is 0 Å². The number of fused-ring (bicyclic) bond motifs is 2. The molecule has 7 heteroatoms. The molecule has 2 atom stereocenters. The van der Waals surface area contributed by atoms with Gasteiger partial charge in [-0.1, -0.05) is 0 Å². The van der Waals surface area contributed by atoms with Crippen molar-refractivity contribution in [2.45, 2.75) is 43.2 Å². The Morgan fingerprint density at radius 1 is 1.24 bits per heavy atom. The van der Waals surface area contributed by atoms with Crippen LogP contribution in [0, 0.1) is 6.92 Å². The molecule has 3 rings (SSSR count). The zero-order valence-corrected chi connectivity index (χ0v) is 13.6. The van der Waals surface area contributed by atoms with Crippen molar-refractivity contribution in [3.05, 3.63) is 12.0 Å². The minimum atomic E-state index is -3.32. The van der Waals surface area contributed by atoms with E-state index in [0.29, 0.717) is 23.7 Å². The molecule has 0 spiro atoms. The van der Waals surface area contributed by atoms with E-state index in [-0.39, 0.29) is 4.90 Å². The van der Waals surface area contributed by atoms with Crippen molar-refractivity contribution >= 4 is 15.7 Å². The van der Waals surface area contributed by atoms with Crippen molar-refractivity contribution in [2.24, 2.45) is 0 Å². The van der Waals surface area contributed by atoms with Gasteiger partial charge in [0.1, 0.15) is 10.7 Å². The van der Waals surface area contributed by atoms with Crippen molar-refractivity contribution in [3.8, 4) is 0 Å². The van der Waals surface area contributed by atoms with Crippen LogP contribution in [0.3, 0.4) is 0 Å². The minimum Gasteiger partial charge on any atom is -0.354 e. The third kappa shape index (κ3) is 2.76. The fraction of sp³-hybridized carbons (Fsp3) is 0.714. The highest BCUT2D eigenvalue weighted by atomic mass is 32.2. The SMILES string of the molecule is Cc1ncc(S(C)(=O)=O)c(N2CC[C@@H]3CC[C@H](C2)N3C)n1. The Balaban J connectivity index is 1.99. The van der Waals surface area contributed by atoms with Crippen molar-refractivity contribution in [1.29, 1.82) is 0 Å². The molecule has 3 heterocycles. The summed E-state index contributed by atoms with van der Waals surface area (Å²) in [6.07, 6.45) is 6.15. The number of likely N-dealkylation sites (N-methyl/N-ethyl adjacent to an activating group) is 1. The average molecular weight is 310 g/mol. The maximum atomic E-state index is 12.0. The van der Waals surface area contributed by atoms with E-state index in [1.54, 1.807) is 6.92 Å². The molecule has 0 aliphatic carbocycles. The highest BCUT2D eigenvalue weighted by Crippen LogP contribution is 2.32. The molecule has 2 aliphatic rings. The van der Waals surface area contributed by atoms with Crippen LogP contribution in [-0.2, 0) is 9.84 Å². The van der Waals surface area contributed by atoms with Gasteiger partial charge in [0.15, 0.2) is 15.7 Å². The number of aromatic nitrogens is 2. The van der Waals surface area contributed by atoms with Crippen LogP contribution in [0.25, 0.3) is 0 Å². The van der Waals surface area contributed by atoms with Gasteiger partial charge in [-0.25, -0.2) is 18.4 Å². The van der Waals surface area contributed by atoms with E-state index in [2.05, 4.69) is 26.8 Å². The summed E-state index contributed by atoms with van der Waals surface area (Å²) in [6, 6.07) is 1.10. The number of aryl methyl sites for hydroxylation is 1. The lowest BCUT2D eigenvalue weighted by Gasteiger charge is -2.27. The van der Waals surface area contributed by atoms with Crippen LogP contribution in [-0.4, -0.2) is 61.8 Å². The Hall–Kier alpha value is -1.21. The molecule has 0 aromatic carbocycles. The van der Waals surface area contributed by atoms with Crippen LogP contribution in [0.5, 0.6) is 0 Å². The van der Waals surface area contributed by atoms with Gasteiger partial charge in [0.2, 0.25) is 0 Å². The van der Waals surface area contributed by atoms with E-state index in [4.69, 9.17) is 0 Å². The largest absolute Gasteiger partial charge is 0.354 e. The Morgan fingerprint density at radius 2 is 1.95 bits per heavy atom. The third-order valence-electron chi connectivity index (χ3n) is 4.70. The smallest absolute Gasteiger partial charge is 0.180 e. The molecular formula is C14H22N4O2S. The van der Waals surface area contributed by atoms with E-state index < -0.39 is 9.84 Å². The van der Waals surface area contributed by atoms with Crippen molar-refractivity contribution in [1.82, 2.24) is 14.9 Å². The molecule has 0 unspecified atom stereocenters. The zero-order valence-electron chi connectivity index (χ0n) is 12.8. The molecule has 1 aromatic rings. The van der Waals surface area contributed by atoms with Crippen LogP contribution >= 0.6 is 0 Å². The monoisotopic (exact) mass is 310 g/mol. The van der Waals surface area contributed by atoms with Crippen molar-refractivity contribution in [2.75, 3.05) is 31.3 Å². The molecule has 2 fully saturated rings. The molecule has 0 amide bonds. The number of hydrogen-bond acceptors (Lipinski definition) is 6. The normalized spacial score (nSPS) is 26.9. The second kappa shape index (κ2) is 5.21. The predicted octanol–water partition coefficient (Wildman–Crippen LogP) is 0.861. The number of sulfone groups is 1. The number of anilines is 1. The van der Waals surface area contributed by atoms with Gasteiger partial charge in [-0.2, -0.15) is 0 Å². The van der Waals surface area contributed by atoms with E-state index in [1.807, 2.05) is 0 Å². The summed E-state index contributed by atoms with van der Waals surface area (Å²) >= 11 is 0. The quantitative estimate of drug-likeness (QED) is 0.807. The van der Waals surface area contributed by atoms with Crippen LogP contribution in [0.1, 0.15) is 25.1 Å². The first-order valence-corrected chi connectivity index (χ1v) is 9.26. The van der Waals surface area contributed by atoms with Crippen LogP contribution in [0.2, 0.25) is 0 Å². The van der Waals surface area contributed by atoms with Crippen LogP contribution in [0.15, 0.2) is 11.1 Å². The molecule has 2 aliphatic heterocycles. The van der Waals surface area contributed by atoms with Gasteiger partial charge in [-0.3, -0.25) is 4.90 Å². The van der Waals surface area contributed by atoms with Crippen molar-refractivity contribution in [3.63, 3.8) is 0 Å². The lowest BCUT2D eigenvalue weighted by Crippen LogP contribution is -2.37. The minimum absolute atomic E-state index is 0.244. The number of hydrogen-bond donors (Lipinski definition) is 0. The molecule has 0 N–H and O–H groups in total. The van der Waals surface area contributed by atoms with E-state index in [0.717, 1.165) is 19.5 Å². The van der Waals surface area contributed by atoms with E-state index >= 15 is 0 Å². The highest BCUT2D eigenvalue weighted by molar-refractivity contribution is 7.90. The van der Waals surface area contributed by atoms with Gasteiger partial charge in [-0.05, 0) is 33.2 Å². The summed E-state index contributed by atoms with van der Waals surface area (Å²) in [5, 5.41) is 0. The fourth-order valence-corrected chi connectivity index (χ4v) is 4.19. The molecular weight excluding hydrogens is 288 g/mol. The first-order chi connectivity index (χ1) is 9.86. The summed E-state index contributed by atoms with van der Waals surface area (Å²) in [5.74, 6) is 1.19. The third-order valence-corrected chi connectivity index (χ3v) is 5.79. The lowest BCUT2D eigenvalue weighted by molar-refractivity contribution is 0.254. The van der Waals surface area contributed by atoms with Crippen LogP contribution in [0.4, 0.5) is 5.82 Å². The molecule has 6 nitrogen and oxygen atoms in total. The van der Waals surface area contributed by atoms with Gasteiger partial charge in [-0.15, -0.1) is 0 Å². The summed E-state index contributed by atoms with van der Waals surface area (Å²) in [5.41, 5.74) is 0. The van der Waals surface area contributed by atoms with E-state index in [1.165, 1.54) is 25.3 Å². The molecule has 2 saturated heterocycles. The lowest BCUT2D eigenvalue weighted by atomic mass is 10.1. The zero-order chi connectivity index (χ0) is 15.2. The summed E-state index contributed by atoms with van der Waals surface area (Å²) in [7, 11) is -1.14. The molecule has 1 aromatic heterocycles. The van der Waals surface area contributed by atoms with Gasteiger partial charge < -0.3 is 4.90 Å². The molecule has 21 heavy (non-hydrogen) atoms. The van der Waals surface area contributed by atoms with Crippen molar-refractivity contribution < 1.29 is 8.42 Å². The second-order valence-corrected chi connectivity index (χ2v) is 8.15. The Kier molecular flexibility index (Phi) is 3.65. The molecule has 2 bridgehead atoms. The summed E-state index contributed by atoms with van der Waals surface area (Å²) in [4.78, 5) is 13.3. The first-order valence-electron chi connectivity index (χ1n) is 7.37. The average Bonchev–Trinajstić information content (AvgIpc) is 2.61. The number of rotatable bonds is 2. The maximum absolute atomic E-state index is 12.0. The maximum Gasteiger partial charge on any atom is 0.180 e. The summed E-state index contributed by atoms with van der Waals surface area (Å²) in [6.45, 7) is 3.49. The van der Waals surface area contributed by atoms with Gasteiger partial charge in [0.05, 0.1) is 6.20 Å². The highest BCUT2D eigenvalue weighted by Gasteiger charge is 2.36. The standard InChI is InChI=1S/C14H22N4O2S/c1-10-15-8-13(21(3,19)20)14(16-10)18-7-6-11-4-5-12(9-18)17(11)2/h8,11-12H,4-7,9H2,1-3H3/t11-,12+/m0/s1.